The van der Waals surface area contributed by atoms with Crippen LogP contribution < -0.4 is 4.74 Å². The lowest BCUT2D eigenvalue weighted by molar-refractivity contribution is 0.0337. The lowest BCUT2D eigenvalue weighted by Crippen LogP contribution is -2.36. The van der Waals surface area contributed by atoms with Crippen molar-refractivity contribution in [2.24, 2.45) is 0 Å². The summed E-state index contributed by atoms with van der Waals surface area (Å²) in [6.07, 6.45) is 0.0827. The van der Waals surface area contributed by atoms with E-state index < -0.39 is 0 Å². The van der Waals surface area contributed by atoms with Crippen molar-refractivity contribution in [2.75, 3.05) is 32.9 Å². The van der Waals surface area contributed by atoms with E-state index in [4.69, 9.17) is 14.2 Å². The maximum atomic E-state index is 13.7. The van der Waals surface area contributed by atoms with Gasteiger partial charge in [-0.05, 0) is 79.3 Å². The van der Waals surface area contributed by atoms with Gasteiger partial charge in [0.1, 0.15) is 11.4 Å². The normalized spacial score (nSPS) is 14.5. The number of benzene rings is 3. The van der Waals surface area contributed by atoms with Crippen LogP contribution in [0.25, 0.3) is 27.7 Å². The van der Waals surface area contributed by atoms with Gasteiger partial charge in [0.05, 0.1) is 31.4 Å². The Bertz CT molecular complexity index is 1490. The molecule has 41 heavy (non-hydrogen) atoms. The molecule has 1 fully saturated rings. The molecular weight excluding hydrogens is 512 g/mol. The summed E-state index contributed by atoms with van der Waals surface area (Å²) >= 11 is 0. The Morgan fingerprint density at radius 2 is 1.59 bits per heavy atom. The molecule has 0 amide bonds. The van der Waals surface area contributed by atoms with Crippen LogP contribution in [0.5, 0.6) is 5.75 Å². The number of fused-ring (bicyclic) bond motifs is 1. The van der Waals surface area contributed by atoms with E-state index in [2.05, 4.69) is 72.7 Å². The van der Waals surface area contributed by atoms with Crippen LogP contribution in [0.15, 0.2) is 66.7 Å². The Balaban J connectivity index is 1.69. The van der Waals surface area contributed by atoms with Crippen molar-refractivity contribution in [3.05, 3.63) is 83.6 Å². The SMILES string of the molecule is CCOC(=O)c1c(CN2CCOCC2)c2cc(-c3ccc(C(C)(C)C)cc3)ccc2n1-c1ccc(OC(C)C)cc1. The molecule has 0 saturated carbocycles. The van der Waals surface area contributed by atoms with Gasteiger partial charge in [0.15, 0.2) is 0 Å². The molecule has 0 aliphatic carbocycles. The molecule has 2 heterocycles. The maximum absolute atomic E-state index is 13.7. The van der Waals surface area contributed by atoms with Gasteiger partial charge in [0.2, 0.25) is 0 Å². The highest BCUT2D eigenvalue weighted by Crippen LogP contribution is 2.36. The highest BCUT2D eigenvalue weighted by Gasteiger charge is 2.27. The summed E-state index contributed by atoms with van der Waals surface area (Å²) in [5.74, 6) is 0.484. The summed E-state index contributed by atoms with van der Waals surface area (Å²) < 4.78 is 19.2. The summed E-state index contributed by atoms with van der Waals surface area (Å²) in [6.45, 7) is 16.5. The number of morpholine rings is 1. The summed E-state index contributed by atoms with van der Waals surface area (Å²) in [4.78, 5) is 16.0. The molecule has 1 aliphatic heterocycles. The molecule has 6 heteroatoms. The van der Waals surface area contributed by atoms with Gasteiger partial charge in [-0.15, -0.1) is 0 Å². The minimum Gasteiger partial charge on any atom is -0.491 e. The van der Waals surface area contributed by atoms with Crippen molar-refractivity contribution in [3.8, 4) is 22.6 Å². The number of hydrogen-bond acceptors (Lipinski definition) is 5. The van der Waals surface area contributed by atoms with Crippen molar-refractivity contribution in [1.82, 2.24) is 9.47 Å². The molecule has 0 spiro atoms. The van der Waals surface area contributed by atoms with E-state index in [1.165, 1.54) is 5.56 Å². The molecule has 1 aliphatic rings. The molecule has 216 valence electrons. The number of nitrogens with zero attached hydrogens (tertiary/aromatic N) is 2. The predicted octanol–water partition coefficient (Wildman–Crippen LogP) is 7.39. The molecule has 0 atom stereocenters. The Hall–Kier alpha value is -3.61. The standard InChI is InChI=1S/C35H42N2O4/c1-7-40-34(38)33-31(23-36-18-20-39-21-19-36)30-22-26(25-8-11-27(12-9-25)35(4,5)6)10-17-32(30)37(33)28-13-15-29(16-14-28)41-24(2)3/h8-17,22,24H,7,18-21,23H2,1-6H3. The van der Waals surface area contributed by atoms with Crippen LogP contribution >= 0.6 is 0 Å². The van der Waals surface area contributed by atoms with Crippen molar-refractivity contribution >= 4 is 16.9 Å². The van der Waals surface area contributed by atoms with Gasteiger partial charge in [-0.25, -0.2) is 4.79 Å². The lowest BCUT2D eigenvalue weighted by atomic mass is 9.86. The summed E-state index contributed by atoms with van der Waals surface area (Å²) in [6, 6.07) is 23.3. The smallest absolute Gasteiger partial charge is 0.355 e. The second kappa shape index (κ2) is 12.1. The van der Waals surface area contributed by atoms with Crippen LogP contribution in [-0.2, 0) is 21.4 Å². The molecule has 1 aromatic heterocycles. The zero-order valence-corrected chi connectivity index (χ0v) is 25.2. The molecule has 0 bridgehead atoms. The maximum Gasteiger partial charge on any atom is 0.355 e. The van der Waals surface area contributed by atoms with Crippen LogP contribution in [0, 0.1) is 0 Å². The van der Waals surface area contributed by atoms with E-state index in [9.17, 15) is 4.79 Å². The summed E-state index contributed by atoms with van der Waals surface area (Å²) in [5.41, 5.74) is 7.09. The second-order valence-electron chi connectivity index (χ2n) is 12.0. The quantitative estimate of drug-likeness (QED) is 0.213. The van der Waals surface area contributed by atoms with Gasteiger partial charge in [0, 0.05) is 36.3 Å². The van der Waals surface area contributed by atoms with E-state index in [-0.39, 0.29) is 17.5 Å². The van der Waals surface area contributed by atoms with Crippen molar-refractivity contribution in [3.63, 3.8) is 0 Å². The van der Waals surface area contributed by atoms with Gasteiger partial charge in [-0.3, -0.25) is 4.90 Å². The highest BCUT2D eigenvalue weighted by molar-refractivity contribution is 6.01. The number of ether oxygens (including phenoxy) is 3. The Kier molecular flexibility index (Phi) is 8.52. The fourth-order valence-electron chi connectivity index (χ4n) is 5.47. The number of carbonyl (C=O) groups excluding carboxylic acids is 1. The first kappa shape index (κ1) is 28.9. The molecule has 1 saturated heterocycles. The van der Waals surface area contributed by atoms with E-state index in [0.717, 1.165) is 52.1 Å². The minimum absolute atomic E-state index is 0.0827. The predicted molar refractivity (Wildman–Crippen MR) is 165 cm³/mol. The van der Waals surface area contributed by atoms with Crippen LogP contribution in [0.2, 0.25) is 0 Å². The molecule has 0 radical (unpaired) electrons. The lowest BCUT2D eigenvalue weighted by Gasteiger charge is -2.26. The van der Waals surface area contributed by atoms with Crippen molar-refractivity contribution in [2.45, 2.75) is 59.6 Å². The molecule has 4 aromatic rings. The fraction of sp³-hybridized carbons (Fsp3) is 0.400. The number of hydrogen-bond donors (Lipinski definition) is 0. The molecular formula is C35H42N2O4. The van der Waals surface area contributed by atoms with Gasteiger partial charge in [-0.2, -0.15) is 0 Å². The third kappa shape index (κ3) is 6.34. The first-order valence-electron chi connectivity index (χ1n) is 14.7. The zero-order valence-electron chi connectivity index (χ0n) is 25.2. The third-order valence-electron chi connectivity index (χ3n) is 7.58. The second-order valence-corrected chi connectivity index (χ2v) is 12.0. The number of carbonyl (C=O) groups is 1. The highest BCUT2D eigenvalue weighted by atomic mass is 16.5. The average Bonchev–Trinajstić information content (AvgIpc) is 3.27. The van der Waals surface area contributed by atoms with Gasteiger partial charge < -0.3 is 18.8 Å². The van der Waals surface area contributed by atoms with Crippen molar-refractivity contribution < 1.29 is 19.0 Å². The Morgan fingerprint density at radius 3 is 2.20 bits per heavy atom. The minimum atomic E-state index is -0.314. The van der Waals surface area contributed by atoms with Crippen LogP contribution in [0.1, 0.15) is 63.2 Å². The summed E-state index contributed by atoms with van der Waals surface area (Å²) in [5, 5.41) is 1.06. The molecule has 0 unspecified atom stereocenters. The van der Waals surface area contributed by atoms with E-state index >= 15 is 0 Å². The van der Waals surface area contributed by atoms with Crippen LogP contribution in [-0.4, -0.2) is 54.5 Å². The fourth-order valence-corrected chi connectivity index (χ4v) is 5.47. The monoisotopic (exact) mass is 554 g/mol. The van der Waals surface area contributed by atoms with Crippen LogP contribution in [0.3, 0.4) is 0 Å². The van der Waals surface area contributed by atoms with E-state index in [1.54, 1.807) is 0 Å². The van der Waals surface area contributed by atoms with Crippen LogP contribution in [0.4, 0.5) is 0 Å². The zero-order chi connectivity index (χ0) is 29.1. The van der Waals surface area contributed by atoms with Gasteiger partial charge >= 0.3 is 5.97 Å². The van der Waals surface area contributed by atoms with Gasteiger partial charge in [0.25, 0.3) is 0 Å². The number of esters is 1. The first-order valence-corrected chi connectivity index (χ1v) is 14.7. The topological polar surface area (TPSA) is 52.9 Å². The number of rotatable bonds is 8. The van der Waals surface area contributed by atoms with Gasteiger partial charge in [-0.1, -0.05) is 51.1 Å². The third-order valence-corrected chi connectivity index (χ3v) is 7.58. The molecule has 0 N–H and O–H groups in total. The Labute approximate surface area is 243 Å². The number of aromatic nitrogens is 1. The summed E-state index contributed by atoms with van der Waals surface area (Å²) in [7, 11) is 0. The van der Waals surface area contributed by atoms with E-state index in [1.807, 2.05) is 45.0 Å². The molecule has 3 aromatic carbocycles. The Morgan fingerprint density at radius 1 is 0.927 bits per heavy atom. The first-order chi connectivity index (χ1) is 19.7. The molecule has 5 rings (SSSR count). The van der Waals surface area contributed by atoms with E-state index in [0.29, 0.717) is 32.1 Å². The largest absolute Gasteiger partial charge is 0.491 e. The average molecular weight is 555 g/mol. The van der Waals surface area contributed by atoms with Crippen molar-refractivity contribution in [1.29, 1.82) is 0 Å². The molecule has 6 nitrogen and oxygen atoms in total.